The Balaban J connectivity index is 1.94. The number of aromatic nitrogens is 1. The van der Waals surface area contributed by atoms with E-state index in [-0.39, 0.29) is 0 Å². The summed E-state index contributed by atoms with van der Waals surface area (Å²) in [5.74, 6) is -0.146. The van der Waals surface area contributed by atoms with Gasteiger partial charge in [0.05, 0.1) is 5.41 Å². The fourth-order valence-corrected chi connectivity index (χ4v) is 3.37. The number of hydrogen-bond donors (Lipinski definition) is 1. The van der Waals surface area contributed by atoms with Gasteiger partial charge >= 0.3 is 5.97 Å². The molecule has 4 heteroatoms. The summed E-state index contributed by atoms with van der Waals surface area (Å²) in [6, 6.07) is 5.82. The van der Waals surface area contributed by atoms with E-state index in [1.807, 2.05) is 25.1 Å². The van der Waals surface area contributed by atoms with E-state index in [0.717, 1.165) is 55.2 Å². The lowest BCUT2D eigenvalue weighted by Gasteiger charge is -2.26. The van der Waals surface area contributed by atoms with Crippen molar-refractivity contribution in [1.29, 1.82) is 0 Å². The summed E-state index contributed by atoms with van der Waals surface area (Å²) >= 11 is 0. The van der Waals surface area contributed by atoms with E-state index in [1.165, 1.54) is 0 Å². The van der Waals surface area contributed by atoms with E-state index in [1.54, 1.807) is 0 Å². The predicted molar refractivity (Wildman–Crippen MR) is 80.2 cm³/mol. The van der Waals surface area contributed by atoms with Crippen LogP contribution in [0, 0.1) is 12.3 Å². The molecule has 0 unspecified atom stereocenters. The highest BCUT2D eigenvalue weighted by molar-refractivity contribution is 5.77. The van der Waals surface area contributed by atoms with Crippen LogP contribution >= 0.6 is 0 Å². The van der Waals surface area contributed by atoms with Crippen LogP contribution in [0.5, 0.6) is 0 Å². The van der Waals surface area contributed by atoms with Gasteiger partial charge in [-0.1, -0.05) is 37.8 Å². The zero-order valence-electron chi connectivity index (χ0n) is 12.4. The Labute approximate surface area is 124 Å². The first kappa shape index (κ1) is 14.1. The van der Waals surface area contributed by atoms with Crippen molar-refractivity contribution < 1.29 is 14.3 Å². The Morgan fingerprint density at radius 3 is 2.62 bits per heavy atom. The smallest absolute Gasteiger partial charge is 0.310 e. The van der Waals surface area contributed by atoms with Crippen molar-refractivity contribution in [3.8, 4) is 0 Å². The second-order valence-electron chi connectivity index (χ2n) is 6.21. The normalized spacial score (nSPS) is 18.5. The first-order valence-electron chi connectivity index (χ1n) is 7.69. The highest BCUT2D eigenvalue weighted by atomic mass is 16.4. The van der Waals surface area contributed by atoms with Crippen LogP contribution in [0.2, 0.25) is 0 Å². The fourth-order valence-electron chi connectivity index (χ4n) is 3.37. The molecule has 0 amide bonds. The van der Waals surface area contributed by atoms with E-state index < -0.39 is 11.4 Å². The number of carbonyl (C=O) groups is 1. The van der Waals surface area contributed by atoms with Crippen molar-refractivity contribution in [3.05, 3.63) is 29.7 Å². The van der Waals surface area contributed by atoms with Gasteiger partial charge in [0.25, 0.3) is 0 Å². The standard InChI is InChI=1S/C17H21NO3/c1-12-7-6-8-13-15(12)18-14(21-13)11-17(16(19)20)9-4-2-3-5-10-17/h6-8H,2-5,9-11H2,1H3,(H,19,20). The van der Waals surface area contributed by atoms with E-state index in [9.17, 15) is 9.90 Å². The molecule has 1 aromatic carbocycles. The van der Waals surface area contributed by atoms with Crippen LogP contribution in [0.1, 0.15) is 50.0 Å². The van der Waals surface area contributed by atoms with Crippen molar-refractivity contribution in [2.24, 2.45) is 5.41 Å². The maximum Gasteiger partial charge on any atom is 0.310 e. The third-order valence-corrected chi connectivity index (χ3v) is 4.67. The number of aryl methyl sites for hydroxylation is 1. The number of oxazole rings is 1. The molecule has 0 radical (unpaired) electrons. The molecule has 21 heavy (non-hydrogen) atoms. The molecule has 0 bridgehead atoms. The summed E-state index contributed by atoms with van der Waals surface area (Å²) in [4.78, 5) is 16.4. The maximum atomic E-state index is 11.8. The summed E-state index contributed by atoms with van der Waals surface area (Å²) in [5.41, 5.74) is 1.96. The molecule has 1 saturated carbocycles. The highest BCUT2D eigenvalue weighted by Gasteiger charge is 2.40. The van der Waals surface area contributed by atoms with Crippen LogP contribution in [0.25, 0.3) is 11.1 Å². The number of aliphatic carboxylic acids is 1. The van der Waals surface area contributed by atoms with Crippen LogP contribution in [0.4, 0.5) is 0 Å². The van der Waals surface area contributed by atoms with Gasteiger partial charge in [-0.25, -0.2) is 4.98 Å². The summed E-state index contributed by atoms with van der Waals surface area (Å²) in [6.45, 7) is 1.99. The molecule has 1 aliphatic carbocycles. The number of nitrogens with zero attached hydrogens (tertiary/aromatic N) is 1. The van der Waals surface area contributed by atoms with Crippen molar-refractivity contribution in [2.45, 2.75) is 51.9 Å². The van der Waals surface area contributed by atoms with Gasteiger partial charge < -0.3 is 9.52 Å². The Morgan fingerprint density at radius 1 is 1.29 bits per heavy atom. The second kappa shape index (κ2) is 5.51. The zero-order valence-corrected chi connectivity index (χ0v) is 12.4. The van der Waals surface area contributed by atoms with Gasteiger partial charge in [-0.3, -0.25) is 4.79 Å². The van der Waals surface area contributed by atoms with Gasteiger partial charge in [0.2, 0.25) is 0 Å². The predicted octanol–water partition coefficient (Wildman–Crippen LogP) is 4.10. The van der Waals surface area contributed by atoms with E-state index >= 15 is 0 Å². The third-order valence-electron chi connectivity index (χ3n) is 4.67. The fraction of sp³-hybridized carbons (Fsp3) is 0.529. The molecule has 1 N–H and O–H groups in total. The lowest BCUT2D eigenvalue weighted by atomic mass is 9.77. The molecule has 3 rings (SSSR count). The summed E-state index contributed by atoms with van der Waals surface area (Å²) in [5, 5.41) is 9.74. The van der Waals surface area contributed by atoms with Crippen molar-refractivity contribution in [2.75, 3.05) is 0 Å². The summed E-state index contributed by atoms with van der Waals surface area (Å²) in [7, 11) is 0. The first-order chi connectivity index (χ1) is 10.1. The molecule has 1 aromatic heterocycles. The van der Waals surface area contributed by atoms with E-state index in [4.69, 9.17) is 4.42 Å². The molecule has 1 aliphatic rings. The van der Waals surface area contributed by atoms with Gasteiger partial charge in [-0.2, -0.15) is 0 Å². The van der Waals surface area contributed by atoms with Crippen LogP contribution in [-0.4, -0.2) is 16.1 Å². The number of rotatable bonds is 3. The second-order valence-corrected chi connectivity index (χ2v) is 6.21. The average molecular weight is 287 g/mol. The Hall–Kier alpha value is -1.84. The number of para-hydroxylation sites is 1. The quantitative estimate of drug-likeness (QED) is 0.863. The molecule has 2 aromatic rings. The van der Waals surface area contributed by atoms with Crippen LogP contribution in [0.3, 0.4) is 0 Å². The number of fused-ring (bicyclic) bond motifs is 1. The van der Waals surface area contributed by atoms with Crippen LogP contribution in [-0.2, 0) is 11.2 Å². The van der Waals surface area contributed by atoms with Crippen molar-refractivity contribution >= 4 is 17.1 Å². The number of hydrogen-bond acceptors (Lipinski definition) is 3. The number of carboxylic acid groups (broad SMARTS) is 1. The number of benzene rings is 1. The average Bonchev–Trinajstić information content (AvgIpc) is 2.70. The van der Waals surface area contributed by atoms with Crippen LogP contribution in [0.15, 0.2) is 22.6 Å². The van der Waals surface area contributed by atoms with Crippen LogP contribution < -0.4 is 0 Å². The molecule has 1 heterocycles. The lowest BCUT2D eigenvalue weighted by molar-refractivity contribution is -0.150. The highest BCUT2D eigenvalue weighted by Crippen LogP contribution is 2.38. The van der Waals surface area contributed by atoms with Gasteiger partial charge in [0, 0.05) is 6.42 Å². The van der Waals surface area contributed by atoms with Gasteiger partial charge in [0.1, 0.15) is 5.52 Å². The lowest BCUT2D eigenvalue weighted by Crippen LogP contribution is -2.33. The molecule has 0 spiro atoms. The topological polar surface area (TPSA) is 63.3 Å². The summed E-state index contributed by atoms with van der Waals surface area (Å²) in [6.07, 6.45) is 6.05. The molecule has 0 aliphatic heterocycles. The molecule has 0 saturated heterocycles. The summed E-state index contributed by atoms with van der Waals surface area (Å²) < 4.78 is 5.79. The largest absolute Gasteiger partial charge is 0.481 e. The minimum absolute atomic E-state index is 0.399. The molecular weight excluding hydrogens is 266 g/mol. The SMILES string of the molecule is Cc1cccc2oc(CC3(C(=O)O)CCCCCC3)nc12. The molecule has 1 fully saturated rings. The van der Waals surface area contributed by atoms with E-state index in [0.29, 0.717) is 12.3 Å². The van der Waals surface area contributed by atoms with Gasteiger partial charge in [-0.05, 0) is 31.4 Å². The maximum absolute atomic E-state index is 11.8. The molecular formula is C17H21NO3. The third kappa shape index (κ3) is 2.67. The Kier molecular flexibility index (Phi) is 3.70. The number of carboxylic acids is 1. The zero-order chi connectivity index (χ0) is 14.9. The minimum atomic E-state index is -0.705. The monoisotopic (exact) mass is 287 g/mol. The van der Waals surface area contributed by atoms with E-state index in [2.05, 4.69) is 4.98 Å². The van der Waals surface area contributed by atoms with Gasteiger partial charge in [-0.15, -0.1) is 0 Å². The van der Waals surface area contributed by atoms with Crippen molar-refractivity contribution in [1.82, 2.24) is 4.98 Å². The van der Waals surface area contributed by atoms with Gasteiger partial charge in [0.15, 0.2) is 11.5 Å². The Morgan fingerprint density at radius 2 is 2.00 bits per heavy atom. The molecule has 112 valence electrons. The first-order valence-corrected chi connectivity index (χ1v) is 7.69. The minimum Gasteiger partial charge on any atom is -0.481 e. The molecule has 0 atom stereocenters. The molecule has 4 nitrogen and oxygen atoms in total. The Bertz CT molecular complexity index is 651. The van der Waals surface area contributed by atoms with Crippen molar-refractivity contribution in [3.63, 3.8) is 0 Å².